The van der Waals surface area contributed by atoms with Crippen LogP contribution in [0, 0.1) is 0 Å². The minimum Gasteiger partial charge on any atom is -0.480 e. The number of hydrogen-bond acceptors (Lipinski definition) is 4. The van der Waals surface area contributed by atoms with Crippen LogP contribution in [0.25, 0.3) is 0 Å². The van der Waals surface area contributed by atoms with E-state index in [4.69, 9.17) is 16.3 Å². The summed E-state index contributed by atoms with van der Waals surface area (Å²) < 4.78 is 5.63. The first-order valence-electron chi connectivity index (χ1n) is 4.23. The van der Waals surface area contributed by atoms with Gasteiger partial charge in [-0.1, -0.05) is 12.1 Å². The number of amidine groups is 1. The molecule has 74 valence electrons. The quantitative estimate of drug-likeness (QED) is 0.310. The molecule has 14 heavy (non-hydrogen) atoms. The summed E-state index contributed by atoms with van der Waals surface area (Å²) in [6.07, 6.45) is -0.208. The van der Waals surface area contributed by atoms with Crippen LogP contribution in [0.1, 0.15) is 0 Å². The summed E-state index contributed by atoms with van der Waals surface area (Å²) in [5.74, 6) is 7.04. The van der Waals surface area contributed by atoms with Crippen molar-refractivity contribution in [3.63, 3.8) is 0 Å². The average Bonchev–Trinajstić information content (AvgIpc) is 2.27. The van der Waals surface area contributed by atoms with Crippen molar-refractivity contribution in [1.29, 1.82) is 0 Å². The predicted molar refractivity (Wildman–Crippen MR) is 57.4 cm³/mol. The second-order valence-corrected chi connectivity index (χ2v) is 3.98. The number of nitrogens with zero attached hydrogens (tertiary/aromatic N) is 1. The minimum absolute atomic E-state index is 0.208. The Morgan fingerprint density at radius 1 is 1.50 bits per heavy atom. The van der Waals surface area contributed by atoms with E-state index in [9.17, 15) is 0 Å². The number of rotatable bonds is 1. The lowest BCUT2D eigenvalue weighted by molar-refractivity contribution is 0.277. The highest BCUT2D eigenvalue weighted by molar-refractivity contribution is 7.99. The van der Waals surface area contributed by atoms with Gasteiger partial charge < -0.3 is 16.3 Å². The number of fused-ring (bicyclic) bond motifs is 1. The molecular weight excluding hydrogens is 198 g/mol. The second-order valence-electron chi connectivity index (χ2n) is 2.92. The van der Waals surface area contributed by atoms with Gasteiger partial charge in [0.2, 0.25) is 0 Å². The van der Waals surface area contributed by atoms with Gasteiger partial charge in [-0.15, -0.1) is 11.8 Å². The maximum Gasteiger partial charge on any atom is 0.167 e. The maximum atomic E-state index is 5.63. The van der Waals surface area contributed by atoms with Gasteiger partial charge in [0.1, 0.15) is 5.75 Å². The zero-order chi connectivity index (χ0) is 9.97. The van der Waals surface area contributed by atoms with Gasteiger partial charge in [-0.25, -0.2) is 0 Å². The van der Waals surface area contributed by atoms with Crippen LogP contribution in [0.5, 0.6) is 5.75 Å². The van der Waals surface area contributed by atoms with Crippen LogP contribution >= 0.6 is 11.8 Å². The first-order valence-corrected chi connectivity index (χ1v) is 5.21. The van der Waals surface area contributed by atoms with Crippen molar-refractivity contribution in [2.45, 2.75) is 11.0 Å². The van der Waals surface area contributed by atoms with Gasteiger partial charge in [0.15, 0.2) is 11.9 Å². The Kier molecular flexibility index (Phi) is 2.49. The molecule has 0 radical (unpaired) electrons. The molecule has 4 nitrogen and oxygen atoms in total. The minimum atomic E-state index is -0.208. The topological polar surface area (TPSA) is 73.6 Å². The second kappa shape index (κ2) is 3.79. The first-order chi connectivity index (χ1) is 6.81. The molecular formula is C9H11N3OS. The number of hydrazone groups is 1. The molecule has 0 spiro atoms. The molecule has 5 heteroatoms. The molecule has 1 aromatic carbocycles. The summed E-state index contributed by atoms with van der Waals surface area (Å²) in [7, 11) is 0. The van der Waals surface area contributed by atoms with Crippen molar-refractivity contribution < 1.29 is 4.74 Å². The number of para-hydroxylation sites is 1. The van der Waals surface area contributed by atoms with Crippen LogP contribution in [-0.2, 0) is 0 Å². The molecule has 0 amide bonds. The SMILES string of the molecule is N/N=C(/N)C1CSc2ccccc2O1. The smallest absolute Gasteiger partial charge is 0.167 e. The standard InChI is InChI=1S/C9H11N3OS/c10-9(12-11)7-5-14-8-4-2-1-3-6(8)13-7/h1-4,7H,5,11H2,(H2,10,12). The van der Waals surface area contributed by atoms with E-state index in [1.807, 2.05) is 24.3 Å². The van der Waals surface area contributed by atoms with E-state index < -0.39 is 0 Å². The van der Waals surface area contributed by atoms with E-state index in [1.165, 1.54) is 0 Å². The normalized spacial score (nSPS) is 21.1. The third-order valence-electron chi connectivity index (χ3n) is 1.99. The average molecular weight is 209 g/mol. The molecule has 4 N–H and O–H groups in total. The highest BCUT2D eigenvalue weighted by Crippen LogP contribution is 2.34. The lowest BCUT2D eigenvalue weighted by atomic mass is 10.3. The van der Waals surface area contributed by atoms with Crippen molar-refractivity contribution in [1.82, 2.24) is 0 Å². The molecule has 0 bridgehead atoms. The third kappa shape index (κ3) is 1.63. The molecule has 0 fully saturated rings. The van der Waals surface area contributed by atoms with Gasteiger partial charge in [0, 0.05) is 10.6 Å². The molecule has 0 aromatic heterocycles. The first kappa shape index (κ1) is 9.21. The Morgan fingerprint density at radius 2 is 2.29 bits per heavy atom. The summed E-state index contributed by atoms with van der Waals surface area (Å²) in [6, 6.07) is 7.84. The van der Waals surface area contributed by atoms with Crippen molar-refractivity contribution in [3.05, 3.63) is 24.3 Å². The summed E-state index contributed by atoms with van der Waals surface area (Å²) in [4.78, 5) is 1.13. The number of benzene rings is 1. The van der Waals surface area contributed by atoms with Crippen LogP contribution in [0.3, 0.4) is 0 Å². The summed E-state index contributed by atoms with van der Waals surface area (Å²) in [5.41, 5.74) is 5.59. The largest absolute Gasteiger partial charge is 0.480 e. The Bertz CT molecular complexity index is 367. The molecule has 1 heterocycles. The number of ether oxygens (including phenoxy) is 1. The van der Waals surface area contributed by atoms with Crippen molar-refractivity contribution in [3.8, 4) is 5.75 Å². The summed E-state index contributed by atoms with van der Waals surface area (Å²) in [5, 5.41) is 3.44. The van der Waals surface area contributed by atoms with E-state index in [-0.39, 0.29) is 6.10 Å². The lowest BCUT2D eigenvalue weighted by Crippen LogP contribution is -2.38. The van der Waals surface area contributed by atoms with E-state index in [1.54, 1.807) is 11.8 Å². The lowest BCUT2D eigenvalue weighted by Gasteiger charge is -2.24. The fourth-order valence-corrected chi connectivity index (χ4v) is 2.25. The van der Waals surface area contributed by atoms with Gasteiger partial charge in [0.25, 0.3) is 0 Å². The Hall–Kier alpha value is -1.36. The van der Waals surface area contributed by atoms with Gasteiger partial charge in [-0.05, 0) is 12.1 Å². The highest BCUT2D eigenvalue weighted by atomic mass is 32.2. The Labute approximate surface area is 86.3 Å². The van der Waals surface area contributed by atoms with Crippen molar-refractivity contribution >= 4 is 17.6 Å². The monoisotopic (exact) mass is 209 g/mol. The number of nitrogens with two attached hydrogens (primary N) is 2. The van der Waals surface area contributed by atoms with Crippen molar-refractivity contribution in [2.24, 2.45) is 16.7 Å². The molecule has 1 atom stereocenters. The zero-order valence-electron chi connectivity index (χ0n) is 7.51. The maximum absolute atomic E-state index is 5.63. The molecule has 1 aliphatic heterocycles. The fraction of sp³-hybridized carbons (Fsp3) is 0.222. The van der Waals surface area contributed by atoms with Crippen LogP contribution in [0.4, 0.5) is 0 Å². The van der Waals surface area contributed by atoms with E-state index >= 15 is 0 Å². The highest BCUT2D eigenvalue weighted by Gasteiger charge is 2.22. The van der Waals surface area contributed by atoms with Crippen LogP contribution in [0.15, 0.2) is 34.3 Å². The van der Waals surface area contributed by atoms with E-state index in [0.29, 0.717) is 5.84 Å². The van der Waals surface area contributed by atoms with Crippen LogP contribution in [0.2, 0.25) is 0 Å². The molecule has 1 aromatic rings. The third-order valence-corrected chi connectivity index (χ3v) is 3.11. The fourth-order valence-electron chi connectivity index (χ4n) is 1.25. The molecule has 1 aliphatic rings. The van der Waals surface area contributed by atoms with Crippen LogP contribution in [-0.4, -0.2) is 17.7 Å². The van der Waals surface area contributed by atoms with Gasteiger partial charge in [0.05, 0.1) is 0 Å². The zero-order valence-corrected chi connectivity index (χ0v) is 8.33. The summed E-state index contributed by atoms with van der Waals surface area (Å²) >= 11 is 1.70. The van der Waals surface area contributed by atoms with Crippen molar-refractivity contribution in [2.75, 3.05) is 5.75 Å². The molecule has 2 rings (SSSR count). The molecule has 1 unspecified atom stereocenters. The molecule has 0 saturated heterocycles. The van der Waals surface area contributed by atoms with Gasteiger partial charge in [-0.3, -0.25) is 0 Å². The van der Waals surface area contributed by atoms with Gasteiger partial charge in [-0.2, -0.15) is 5.10 Å². The van der Waals surface area contributed by atoms with Gasteiger partial charge >= 0.3 is 0 Å². The van der Waals surface area contributed by atoms with Crippen LogP contribution < -0.4 is 16.3 Å². The summed E-state index contributed by atoms with van der Waals surface area (Å²) in [6.45, 7) is 0. The number of hydrogen-bond donors (Lipinski definition) is 2. The van der Waals surface area contributed by atoms with E-state index in [2.05, 4.69) is 5.10 Å². The Morgan fingerprint density at radius 3 is 3.07 bits per heavy atom. The predicted octanol–water partition coefficient (Wildman–Crippen LogP) is 0.771. The Balaban J connectivity index is 2.21. The molecule has 0 aliphatic carbocycles. The molecule has 0 saturated carbocycles. The number of thioether (sulfide) groups is 1. The van der Waals surface area contributed by atoms with E-state index in [0.717, 1.165) is 16.4 Å².